The molecule has 0 radical (unpaired) electrons. The first-order chi connectivity index (χ1) is 6.81. The smallest absolute Gasteiger partial charge is 0.00153 e. The lowest BCUT2D eigenvalue weighted by Crippen LogP contribution is -2.23. The van der Waals surface area contributed by atoms with Gasteiger partial charge in [-0.2, -0.15) is 11.8 Å². The molecule has 0 amide bonds. The van der Waals surface area contributed by atoms with E-state index in [1.165, 1.54) is 50.9 Å². The molecule has 0 aliphatic heterocycles. The van der Waals surface area contributed by atoms with Crippen LogP contribution in [0.5, 0.6) is 0 Å². The largest absolute Gasteiger partial charge is 0.316 e. The molecular weight excluding hydrogens is 190 g/mol. The molecule has 0 heterocycles. The second-order valence-electron chi connectivity index (χ2n) is 4.18. The summed E-state index contributed by atoms with van der Waals surface area (Å²) < 4.78 is 0. The fraction of sp³-hybridized carbons (Fsp3) is 1.00. The zero-order valence-electron chi connectivity index (χ0n) is 10.1. The Labute approximate surface area is 94.4 Å². The summed E-state index contributed by atoms with van der Waals surface area (Å²) in [4.78, 5) is 0. The van der Waals surface area contributed by atoms with Crippen LogP contribution in [0.3, 0.4) is 0 Å². The Morgan fingerprint density at radius 3 is 2.50 bits per heavy atom. The van der Waals surface area contributed by atoms with E-state index in [1.54, 1.807) is 0 Å². The Bertz CT molecular complexity index is 106. The van der Waals surface area contributed by atoms with Crippen LogP contribution in [0.15, 0.2) is 0 Å². The molecule has 0 spiro atoms. The first kappa shape index (κ1) is 14.3. The average Bonchev–Trinajstić information content (AvgIpc) is 2.17. The van der Waals surface area contributed by atoms with Crippen LogP contribution in [0, 0.1) is 5.92 Å². The fourth-order valence-corrected chi connectivity index (χ4v) is 2.23. The van der Waals surface area contributed by atoms with Crippen LogP contribution in [0.2, 0.25) is 0 Å². The van der Waals surface area contributed by atoms with Gasteiger partial charge in [0.15, 0.2) is 0 Å². The highest BCUT2D eigenvalue weighted by molar-refractivity contribution is 7.98. The molecule has 86 valence electrons. The van der Waals surface area contributed by atoms with Crippen LogP contribution in [0.25, 0.3) is 0 Å². The summed E-state index contributed by atoms with van der Waals surface area (Å²) in [6.07, 6.45) is 9.10. The zero-order chi connectivity index (χ0) is 10.6. The lowest BCUT2D eigenvalue weighted by Gasteiger charge is -2.10. The van der Waals surface area contributed by atoms with E-state index in [2.05, 4.69) is 25.4 Å². The first-order valence-electron chi connectivity index (χ1n) is 6.00. The third-order valence-electron chi connectivity index (χ3n) is 2.40. The van der Waals surface area contributed by atoms with E-state index in [1.807, 2.05) is 11.8 Å². The van der Waals surface area contributed by atoms with E-state index in [0.717, 1.165) is 5.92 Å². The van der Waals surface area contributed by atoms with Crippen LogP contribution in [-0.4, -0.2) is 25.1 Å². The van der Waals surface area contributed by atoms with Crippen molar-refractivity contribution >= 4 is 11.8 Å². The molecule has 2 heteroatoms. The quantitative estimate of drug-likeness (QED) is 0.562. The molecule has 0 saturated carbocycles. The van der Waals surface area contributed by atoms with Gasteiger partial charge in [-0.15, -0.1) is 0 Å². The van der Waals surface area contributed by atoms with Gasteiger partial charge in [-0.1, -0.05) is 39.5 Å². The number of unbranched alkanes of at least 4 members (excludes halogenated alkanes) is 4. The molecule has 1 unspecified atom stereocenters. The lowest BCUT2D eigenvalue weighted by atomic mass is 10.1. The van der Waals surface area contributed by atoms with Gasteiger partial charge >= 0.3 is 0 Å². The fourth-order valence-electron chi connectivity index (χ4n) is 1.55. The Kier molecular flexibility index (Phi) is 11.6. The standard InChI is InChI=1S/C12H27NS/c1-4-5-6-7-8-9-13-10-12(2)11-14-3/h12-13H,4-11H2,1-3H3. The highest BCUT2D eigenvalue weighted by atomic mass is 32.2. The van der Waals surface area contributed by atoms with Gasteiger partial charge in [0, 0.05) is 0 Å². The topological polar surface area (TPSA) is 12.0 Å². The predicted molar refractivity (Wildman–Crippen MR) is 69.2 cm³/mol. The van der Waals surface area contributed by atoms with Crippen molar-refractivity contribution < 1.29 is 0 Å². The van der Waals surface area contributed by atoms with Crippen molar-refractivity contribution in [1.29, 1.82) is 0 Å². The van der Waals surface area contributed by atoms with E-state index in [0.29, 0.717) is 0 Å². The van der Waals surface area contributed by atoms with Crippen molar-refractivity contribution in [2.45, 2.75) is 46.0 Å². The molecule has 0 rings (SSSR count). The Balaban J connectivity index is 2.98. The van der Waals surface area contributed by atoms with Crippen LogP contribution in [0.4, 0.5) is 0 Å². The van der Waals surface area contributed by atoms with Gasteiger partial charge in [0.05, 0.1) is 0 Å². The molecule has 0 saturated heterocycles. The second kappa shape index (κ2) is 11.4. The third kappa shape index (κ3) is 10.4. The lowest BCUT2D eigenvalue weighted by molar-refractivity contribution is 0.530. The van der Waals surface area contributed by atoms with Crippen molar-refractivity contribution in [1.82, 2.24) is 5.32 Å². The maximum atomic E-state index is 3.53. The van der Waals surface area contributed by atoms with Crippen LogP contribution in [0.1, 0.15) is 46.0 Å². The SMILES string of the molecule is CCCCCCCNCC(C)CSC. The van der Waals surface area contributed by atoms with E-state index in [-0.39, 0.29) is 0 Å². The molecule has 0 aromatic rings. The summed E-state index contributed by atoms with van der Waals surface area (Å²) in [6, 6.07) is 0. The van der Waals surface area contributed by atoms with Gasteiger partial charge in [0.25, 0.3) is 0 Å². The van der Waals surface area contributed by atoms with Gasteiger partial charge in [-0.05, 0) is 37.4 Å². The summed E-state index contributed by atoms with van der Waals surface area (Å²) in [7, 11) is 0. The monoisotopic (exact) mass is 217 g/mol. The first-order valence-corrected chi connectivity index (χ1v) is 7.40. The van der Waals surface area contributed by atoms with E-state index in [4.69, 9.17) is 0 Å². The summed E-state index contributed by atoms with van der Waals surface area (Å²) in [6.45, 7) is 6.99. The molecule has 1 N–H and O–H groups in total. The molecule has 0 fully saturated rings. The molecular formula is C12H27NS. The van der Waals surface area contributed by atoms with Gasteiger partial charge in [0.2, 0.25) is 0 Å². The summed E-state index contributed by atoms with van der Waals surface area (Å²) in [5.74, 6) is 2.10. The maximum absolute atomic E-state index is 3.53. The molecule has 0 aliphatic rings. The molecule has 14 heavy (non-hydrogen) atoms. The molecule has 0 aromatic carbocycles. The zero-order valence-corrected chi connectivity index (χ0v) is 11.0. The molecule has 1 nitrogen and oxygen atoms in total. The highest BCUT2D eigenvalue weighted by Crippen LogP contribution is 2.03. The van der Waals surface area contributed by atoms with Gasteiger partial charge in [0.1, 0.15) is 0 Å². The normalized spacial score (nSPS) is 13.1. The third-order valence-corrected chi connectivity index (χ3v) is 3.30. The number of rotatable bonds is 10. The number of nitrogens with one attached hydrogen (secondary N) is 1. The molecule has 0 bridgehead atoms. The highest BCUT2D eigenvalue weighted by Gasteiger charge is 1.98. The van der Waals surface area contributed by atoms with Crippen LogP contribution >= 0.6 is 11.8 Å². The minimum absolute atomic E-state index is 0.820. The van der Waals surface area contributed by atoms with Gasteiger partial charge in [-0.25, -0.2) is 0 Å². The Hall–Kier alpha value is 0.310. The molecule has 1 atom stereocenters. The van der Waals surface area contributed by atoms with Gasteiger partial charge < -0.3 is 5.32 Å². The van der Waals surface area contributed by atoms with Crippen LogP contribution in [-0.2, 0) is 0 Å². The van der Waals surface area contributed by atoms with Crippen molar-refractivity contribution in [2.75, 3.05) is 25.1 Å². The minimum atomic E-state index is 0.820. The van der Waals surface area contributed by atoms with E-state index in [9.17, 15) is 0 Å². The van der Waals surface area contributed by atoms with Crippen molar-refractivity contribution in [3.8, 4) is 0 Å². The average molecular weight is 217 g/mol. The van der Waals surface area contributed by atoms with Crippen molar-refractivity contribution in [3.63, 3.8) is 0 Å². The van der Waals surface area contributed by atoms with Crippen LogP contribution < -0.4 is 5.32 Å². The maximum Gasteiger partial charge on any atom is -0.00153 e. The predicted octanol–water partition coefficient (Wildman–Crippen LogP) is 3.55. The van der Waals surface area contributed by atoms with Crippen molar-refractivity contribution in [2.24, 2.45) is 5.92 Å². The van der Waals surface area contributed by atoms with Crippen molar-refractivity contribution in [3.05, 3.63) is 0 Å². The second-order valence-corrected chi connectivity index (χ2v) is 5.09. The molecule has 0 aliphatic carbocycles. The minimum Gasteiger partial charge on any atom is -0.316 e. The Morgan fingerprint density at radius 2 is 1.86 bits per heavy atom. The number of thioether (sulfide) groups is 1. The molecule has 0 aromatic heterocycles. The summed E-state index contributed by atoms with van der Waals surface area (Å²) in [5, 5.41) is 3.53. The van der Waals surface area contributed by atoms with Gasteiger partial charge in [-0.3, -0.25) is 0 Å². The Morgan fingerprint density at radius 1 is 1.14 bits per heavy atom. The number of hydrogen-bond acceptors (Lipinski definition) is 2. The summed E-state index contributed by atoms with van der Waals surface area (Å²) >= 11 is 1.94. The van der Waals surface area contributed by atoms with E-state index < -0.39 is 0 Å². The number of hydrogen-bond donors (Lipinski definition) is 1. The summed E-state index contributed by atoms with van der Waals surface area (Å²) in [5.41, 5.74) is 0. The van der Waals surface area contributed by atoms with E-state index >= 15 is 0 Å².